The van der Waals surface area contributed by atoms with E-state index in [4.69, 9.17) is 10.8 Å². The first-order chi connectivity index (χ1) is 8.54. The standard InChI is InChI=1S/C12H22N2O3S/c1-18-7-4-10(13)12(17)14-5-2-9(3-6-14)8-11(15)16/h9-10H,2-8,13H2,1H3,(H,15,16)/t10-/m0/s1. The van der Waals surface area contributed by atoms with Gasteiger partial charge in [-0.25, -0.2) is 0 Å². The molecule has 104 valence electrons. The minimum Gasteiger partial charge on any atom is -0.481 e. The molecule has 0 radical (unpaired) electrons. The van der Waals surface area contributed by atoms with Gasteiger partial charge in [0.2, 0.25) is 5.91 Å². The Morgan fingerprint density at radius 1 is 1.44 bits per heavy atom. The Kier molecular flexibility index (Phi) is 6.49. The lowest BCUT2D eigenvalue weighted by Gasteiger charge is -2.33. The van der Waals surface area contributed by atoms with Gasteiger partial charge in [-0.05, 0) is 37.2 Å². The van der Waals surface area contributed by atoms with E-state index in [1.807, 2.05) is 6.26 Å². The fourth-order valence-corrected chi connectivity index (χ4v) is 2.70. The van der Waals surface area contributed by atoms with Crippen LogP contribution in [0.1, 0.15) is 25.7 Å². The summed E-state index contributed by atoms with van der Waals surface area (Å²) in [4.78, 5) is 24.4. The zero-order chi connectivity index (χ0) is 13.5. The van der Waals surface area contributed by atoms with E-state index < -0.39 is 12.0 Å². The summed E-state index contributed by atoms with van der Waals surface area (Å²) in [6.07, 6.45) is 4.45. The number of carbonyl (C=O) groups is 2. The van der Waals surface area contributed by atoms with Crippen LogP contribution >= 0.6 is 11.8 Å². The molecule has 0 bridgehead atoms. The highest BCUT2D eigenvalue weighted by Crippen LogP contribution is 2.21. The monoisotopic (exact) mass is 274 g/mol. The molecule has 0 aromatic rings. The Bertz CT molecular complexity index is 291. The number of nitrogens with two attached hydrogens (primary N) is 1. The SMILES string of the molecule is CSCC[C@H](N)C(=O)N1CCC(CC(=O)O)CC1. The number of carboxylic acid groups (broad SMARTS) is 1. The van der Waals surface area contributed by atoms with Crippen LogP contribution in [0.15, 0.2) is 0 Å². The van der Waals surface area contributed by atoms with Crippen molar-refractivity contribution in [3.63, 3.8) is 0 Å². The average molecular weight is 274 g/mol. The van der Waals surface area contributed by atoms with Gasteiger partial charge < -0.3 is 15.7 Å². The van der Waals surface area contributed by atoms with E-state index in [9.17, 15) is 9.59 Å². The van der Waals surface area contributed by atoms with Crippen LogP contribution < -0.4 is 5.73 Å². The average Bonchev–Trinajstić information content (AvgIpc) is 2.35. The van der Waals surface area contributed by atoms with Crippen molar-refractivity contribution in [3.8, 4) is 0 Å². The van der Waals surface area contributed by atoms with Crippen molar-refractivity contribution in [1.29, 1.82) is 0 Å². The minimum atomic E-state index is -0.753. The van der Waals surface area contributed by atoms with Gasteiger partial charge in [0.15, 0.2) is 0 Å². The zero-order valence-corrected chi connectivity index (χ0v) is 11.6. The van der Waals surface area contributed by atoms with E-state index in [0.29, 0.717) is 19.5 Å². The van der Waals surface area contributed by atoms with E-state index in [1.165, 1.54) is 0 Å². The first-order valence-electron chi connectivity index (χ1n) is 6.29. The van der Waals surface area contributed by atoms with Crippen molar-refractivity contribution < 1.29 is 14.7 Å². The summed E-state index contributed by atoms with van der Waals surface area (Å²) >= 11 is 1.69. The molecule has 1 amide bonds. The summed E-state index contributed by atoms with van der Waals surface area (Å²) in [6.45, 7) is 1.29. The molecule has 1 heterocycles. The molecule has 1 aliphatic heterocycles. The first kappa shape index (κ1) is 15.3. The quantitative estimate of drug-likeness (QED) is 0.748. The smallest absolute Gasteiger partial charge is 0.303 e. The minimum absolute atomic E-state index is 0.0119. The molecule has 1 atom stereocenters. The van der Waals surface area contributed by atoms with Crippen LogP contribution in [0.5, 0.6) is 0 Å². The van der Waals surface area contributed by atoms with Crippen molar-refractivity contribution in [3.05, 3.63) is 0 Å². The van der Waals surface area contributed by atoms with Crippen LogP contribution in [0, 0.1) is 5.92 Å². The normalized spacial score (nSPS) is 18.7. The van der Waals surface area contributed by atoms with Gasteiger partial charge in [0.25, 0.3) is 0 Å². The van der Waals surface area contributed by atoms with Crippen molar-refractivity contribution >= 4 is 23.6 Å². The fourth-order valence-electron chi connectivity index (χ4n) is 2.21. The van der Waals surface area contributed by atoms with Gasteiger partial charge >= 0.3 is 5.97 Å². The Balaban J connectivity index is 2.33. The second kappa shape index (κ2) is 7.63. The van der Waals surface area contributed by atoms with Crippen LogP contribution in [-0.4, -0.2) is 53.0 Å². The number of aliphatic carboxylic acids is 1. The number of thioether (sulfide) groups is 1. The van der Waals surface area contributed by atoms with E-state index in [1.54, 1.807) is 16.7 Å². The van der Waals surface area contributed by atoms with Crippen LogP contribution in [0.3, 0.4) is 0 Å². The summed E-state index contributed by atoms with van der Waals surface area (Å²) in [5.41, 5.74) is 5.85. The van der Waals surface area contributed by atoms with Gasteiger partial charge in [0.05, 0.1) is 6.04 Å². The van der Waals surface area contributed by atoms with Crippen LogP contribution in [0.4, 0.5) is 0 Å². The Hall–Kier alpha value is -0.750. The predicted octanol–water partition coefficient (Wildman–Crippen LogP) is 0.780. The summed E-state index contributed by atoms with van der Waals surface area (Å²) in [5, 5.41) is 8.72. The Morgan fingerprint density at radius 2 is 2.06 bits per heavy atom. The fraction of sp³-hybridized carbons (Fsp3) is 0.833. The van der Waals surface area contributed by atoms with Gasteiger partial charge in [-0.1, -0.05) is 0 Å². The van der Waals surface area contributed by atoms with Gasteiger partial charge in [0, 0.05) is 19.5 Å². The van der Waals surface area contributed by atoms with Crippen molar-refractivity contribution in [2.75, 3.05) is 25.1 Å². The highest BCUT2D eigenvalue weighted by atomic mass is 32.2. The molecule has 1 rings (SSSR count). The number of amides is 1. The van der Waals surface area contributed by atoms with Crippen LogP contribution in [0.2, 0.25) is 0 Å². The topological polar surface area (TPSA) is 83.6 Å². The maximum absolute atomic E-state index is 12.0. The van der Waals surface area contributed by atoms with Crippen molar-refractivity contribution in [1.82, 2.24) is 4.90 Å². The zero-order valence-electron chi connectivity index (χ0n) is 10.8. The number of hydrogen-bond donors (Lipinski definition) is 2. The third kappa shape index (κ3) is 4.86. The molecule has 5 nitrogen and oxygen atoms in total. The molecule has 18 heavy (non-hydrogen) atoms. The second-order valence-corrected chi connectivity index (χ2v) is 5.74. The molecular formula is C12H22N2O3S. The predicted molar refractivity (Wildman–Crippen MR) is 72.5 cm³/mol. The second-order valence-electron chi connectivity index (χ2n) is 4.75. The van der Waals surface area contributed by atoms with Gasteiger partial charge in [-0.15, -0.1) is 0 Å². The molecule has 0 spiro atoms. The molecule has 0 aliphatic carbocycles. The molecule has 0 unspecified atom stereocenters. The molecule has 6 heteroatoms. The van der Waals surface area contributed by atoms with E-state index >= 15 is 0 Å². The first-order valence-corrected chi connectivity index (χ1v) is 7.69. The van der Waals surface area contributed by atoms with Crippen molar-refractivity contribution in [2.24, 2.45) is 11.7 Å². The number of likely N-dealkylation sites (tertiary alicyclic amines) is 1. The summed E-state index contributed by atoms with van der Waals surface area (Å²) < 4.78 is 0. The molecule has 0 aromatic carbocycles. The van der Waals surface area contributed by atoms with E-state index in [-0.39, 0.29) is 18.2 Å². The maximum Gasteiger partial charge on any atom is 0.303 e. The Morgan fingerprint density at radius 3 is 2.56 bits per heavy atom. The molecule has 3 N–H and O–H groups in total. The van der Waals surface area contributed by atoms with E-state index in [2.05, 4.69) is 0 Å². The molecular weight excluding hydrogens is 252 g/mol. The lowest BCUT2D eigenvalue weighted by molar-refractivity contribution is -0.138. The summed E-state index contributed by atoms with van der Waals surface area (Å²) in [7, 11) is 0. The number of hydrogen-bond acceptors (Lipinski definition) is 4. The molecule has 1 aliphatic rings. The maximum atomic E-state index is 12.0. The third-order valence-electron chi connectivity index (χ3n) is 3.34. The van der Waals surface area contributed by atoms with Crippen molar-refractivity contribution in [2.45, 2.75) is 31.7 Å². The van der Waals surface area contributed by atoms with E-state index in [0.717, 1.165) is 18.6 Å². The number of piperidine rings is 1. The summed E-state index contributed by atoms with van der Waals surface area (Å²) in [6, 6.07) is -0.409. The van der Waals surface area contributed by atoms with Crippen LogP contribution in [-0.2, 0) is 9.59 Å². The largest absolute Gasteiger partial charge is 0.481 e. The lowest BCUT2D eigenvalue weighted by Crippen LogP contribution is -2.47. The molecule has 1 saturated heterocycles. The highest BCUT2D eigenvalue weighted by Gasteiger charge is 2.26. The summed E-state index contributed by atoms with van der Waals surface area (Å²) in [5.74, 6) is 0.353. The molecule has 0 saturated carbocycles. The number of carboxylic acids is 1. The van der Waals surface area contributed by atoms with Gasteiger partial charge in [-0.2, -0.15) is 11.8 Å². The number of carbonyl (C=O) groups excluding carboxylic acids is 1. The van der Waals surface area contributed by atoms with Gasteiger partial charge in [0.1, 0.15) is 0 Å². The Labute approximate surface area is 112 Å². The third-order valence-corrected chi connectivity index (χ3v) is 3.98. The van der Waals surface area contributed by atoms with Crippen LogP contribution in [0.25, 0.3) is 0 Å². The molecule has 1 fully saturated rings. The lowest BCUT2D eigenvalue weighted by atomic mass is 9.93. The molecule has 0 aromatic heterocycles. The number of nitrogens with zero attached hydrogens (tertiary/aromatic N) is 1. The highest BCUT2D eigenvalue weighted by molar-refractivity contribution is 7.98. The number of rotatable bonds is 6. The van der Waals surface area contributed by atoms with Gasteiger partial charge in [-0.3, -0.25) is 9.59 Å².